The number of nitrogens with zero attached hydrogens (tertiary/aromatic N) is 2. The van der Waals surface area contributed by atoms with E-state index in [1.165, 1.54) is 4.98 Å². The molecule has 1 aromatic rings. The minimum absolute atomic E-state index is 1.45. The van der Waals surface area contributed by atoms with Gasteiger partial charge in [0.05, 0.1) is 0 Å². The van der Waals surface area contributed by atoms with Gasteiger partial charge in [-0.25, -0.2) is 4.57 Å². The van der Waals surface area contributed by atoms with E-state index in [9.17, 15) is 79.0 Å². The number of rotatable bonds is 6. The van der Waals surface area contributed by atoms with Crippen molar-refractivity contribution < 1.29 is 79.0 Å². The molecule has 1 heterocycles. The van der Waals surface area contributed by atoms with E-state index in [0.717, 1.165) is 0 Å². The van der Waals surface area contributed by atoms with Gasteiger partial charge in [-0.2, -0.15) is 84.0 Å². The lowest BCUT2D eigenvalue weighted by Gasteiger charge is -2.41. The molecule has 0 aliphatic carbocycles. The number of hydrogen-bond acceptors (Lipinski definition) is 1. The van der Waals surface area contributed by atoms with Crippen molar-refractivity contribution in [3.05, 3.63) is 18.0 Å². The number of aromatic nitrogens is 2. The van der Waals surface area contributed by atoms with Gasteiger partial charge in [-0.15, -0.1) is 0 Å². The van der Waals surface area contributed by atoms with Gasteiger partial charge < -0.3 is 0 Å². The highest BCUT2D eigenvalue weighted by Gasteiger charge is 2.93. The van der Waals surface area contributed by atoms with Crippen LogP contribution in [0.15, 0.2) is 0 Å². The molecule has 0 aliphatic rings. The Labute approximate surface area is 150 Å². The van der Waals surface area contributed by atoms with Crippen molar-refractivity contribution in [3.8, 4) is 0 Å². The van der Waals surface area contributed by atoms with Crippen LogP contribution in [0.1, 0.15) is 0 Å². The zero-order valence-corrected chi connectivity index (χ0v) is 12.7. The molecule has 0 unspecified atom stereocenters. The van der Waals surface area contributed by atoms with Gasteiger partial charge >= 0.3 is 41.8 Å². The summed E-state index contributed by atoms with van der Waals surface area (Å²) in [5.74, 6) is -48.8. The van der Waals surface area contributed by atoms with Gasteiger partial charge in [-0.05, 0) is 0 Å². The molecule has 0 aliphatic heterocycles. The molecule has 20 heteroatoms. The Morgan fingerprint density at radius 2 is 0.833 bits per heavy atom. The highest BCUT2D eigenvalue weighted by Crippen LogP contribution is 2.63. The highest BCUT2D eigenvalue weighted by atomic mass is 19.4. The van der Waals surface area contributed by atoms with E-state index in [0.29, 0.717) is 0 Å². The normalized spacial score (nSPS) is 15.7. The minimum atomic E-state index is -8.64. The average Bonchev–Trinajstić information content (AvgIpc) is 2.78. The molecule has 0 spiro atoms. The fourth-order valence-electron chi connectivity index (χ4n) is 1.69. The second-order valence-electron chi connectivity index (χ2n) is 5.21. The van der Waals surface area contributed by atoms with Gasteiger partial charge in [0, 0.05) is 0 Å². The Kier molecular flexibility index (Phi) is 5.61. The summed E-state index contributed by atoms with van der Waals surface area (Å²) in [6.07, 6.45) is -11.2. The van der Waals surface area contributed by atoms with E-state index in [2.05, 4.69) is 0 Å². The lowest BCUT2D eigenvalue weighted by Crippen LogP contribution is -2.72. The van der Waals surface area contributed by atoms with Crippen LogP contribution in [0.3, 0.4) is 0 Å². The summed E-state index contributed by atoms with van der Waals surface area (Å²) in [4.78, 5) is 1.45. The zero-order valence-electron chi connectivity index (χ0n) is 12.7. The van der Waals surface area contributed by atoms with Gasteiger partial charge in [-0.1, -0.05) is 0 Å². The van der Waals surface area contributed by atoms with Crippen molar-refractivity contribution in [2.75, 3.05) is 0 Å². The standard InChI is InChI=1S/C10F18N2/c11-1-2(12)30(3(13)29-1)10(27,28)8(22,23)6(18,19)4(14,15)5(16,17)7(20,21)9(24,25)26. The van der Waals surface area contributed by atoms with Crippen LogP contribution in [0, 0.1) is 18.0 Å². The quantitative estimate of drug-likeness (QED) is 0.476. The summed E-state index contributed by atoms with van der Waals surface area (Å²) < 4.78 is 229. The topological polar surface area (TPSA) is 17.8 Å². The van der Waals surface area contributed by atoms with Gasteiger partial charge in [0.1, 0.15) is 0 Å². The first-order valence-corrected chi connectivity index (χ1v) is 6.27. The molecule has 0 saturated carbocycles. The molecule has 0 radical (unpaired) electrons. The molecule has 0 N–H and O–H groups in total. The molecule has 0 saturated heterocycles. The van der Waals surface area contributed by atoms with Crippen LogP contribution < -0.4 is 0 Å². The average molecular weight is 490 g/mol. The maximum atomic E-state index is 13.5. The minimum Gasteiger partial charge on any atom is -0.207 e. The molecule has 176 valence electrons. The summed E-state index contributed by atoms with van der Waals surface area (Å²) >= 11 is 0. The third-order valence-corrected chi connectivity index (χ3v) is 3.33. The second kappa shape index (κ2) is 6.47. The van der Waals surface area contributed by atoms with Crippen molar-refractivity contribution in [1.82, 2.24) is 9.55 Å². The van der Waals surface area contributed by atoms with Crippen LogP contribution in [-0.4, -0.2) is 45.3 Å². The predicted molar refractivity (Wildman–Crippen MR) is 53.1 cm³/mol. The number of imidazole rings is 1. The van der Waals surface area contributed by atoms with E-state index in [-0.39, 0.29) is 0 Å². The lowest BCUT2D eigenvalue weighted by molar-refractivity contribution is -0.459. The Morgan fingerprint density at radius 3 is 1.13 bits per heavy atom. The van der Waals surface area contributed by atoms with Crippen LogP contribution in [0.5, 0.6) is 0 Å². The lowest BCUT2D eigenvalue weighted by atomic mass is 9.93. The van der Waals surface area contributed by atoms with Crippen LogP contribution in [0.4, 0.5) is 79.0 Å². The fraction of sp³-hybridized carbons (Fsp3) is 0.700. The summed E-state index contributed by atoms with van der Waals surface area (Å²) in [6, 6.07) is -7.50. The van der Waals surface area contributed by atoms with Crippen molar-refractivity contribution in [2.24, 2.45) is 0 Å². The monoisotopic (exact) mass is 490 g/mol. The van der Waals surface area contributed by atoms with Crippen molar-refractivity contribution in [1.29, 1.82) is 0 Å². The third-order valence-electron chi connectivity index (χ3n) is 3.33. The van der Waals surface area contributed by atoms with Gasteiger partial charge in [-0.3, -0.25) is 0 Å². The van der Waals surface area contributed by atoms with Crippen LogP contribution >= 0.6 is 0 Å². The fourth-order valence-corrected chi connectivity index (χ4v) is 1.69. The molecule has 2 nitrogen and oxygen atoms in total. The molecule has 0 bridgehead atoms. The maximum Gasteiger partial charge on any atom is 0.460 e. The first-order valence-electron chi connectivity index (χ1n) is 6.27. The van der Waals surface area contributed by atoms with E-state index >= 15 is 0 Å². The SMILES string of the molecule is Fc1nc(F)n(C(F)(F)C(F)(F)C(F)(F)C(F)(F)C(F)(F)C(F)(F)C(F)(F)F)c1F. The molecular weight excluding hydrogens is 490 g/mol. The molecule has 0 aromatic carbocycles. The zero-order chi connectivity index (χ0) is 24.5. The highest BCUT2D eigenvalue weighted by molar-refractivity contribution is 5.12. The first-order chi connectivity index (χ1) is 12.8. The van der Waals surface area contributed by atoms with Gasteiger partial charge in [0.15, 0.2) is 0 Å². The molecule has 0 amide bonds. The van der Waals surface area contributed by atoms with Crippen LogP contribution in [0.2, 0.25) is 0 Å². The molecular formula is C10F18N2. The summed E-state index contributed by atoms with van der Waals surface area (Å²) in [6.45, 7) is 0. The largest absolute Gasteiger partial charge is 0.460 e. The van der Waals surface area contributed by atoms with Gasteiger partial charge in [0.25, 0.3) is 18.0 Å². The molecule has 0 atom stereocenters. The van der Waals surface area contributed by atoms with E-state index < -0.39 is 64.4 Å². The molecule has 30 heavy (non-hydrogen) atoms. The van der Waals surface area contributed by atoms with Crippen molar-refractivity contribution in [3.63, 3.8) is 0 Å². The van der Waals surface area contributed by atoms with E-state index in [1.807, 2.05) is 0 Å². The third kappa shape index (κ3) is 2.95. The molecule has 1 aromatic heterocycles. The number of hydrogen-bond donors (Lipinski definition) is 0. The maximum absolute atomic E-state index is 13.5. The van der Waals surface area contributed by atoms with Gasteiger partial charge in [0.2, 0.25) is 0 Å². The van der Waals surface area contributed by atoms with E-state index in [4.69, 9.17) is 0 Å². The Morgan fingerprint density at radius 1 is 0.500 bits per heavy atom. The van der Waals surface area contributed by atoms with Crippen LogP contribution in [0.25, 0.3) is 0 Å². The van der Waals surface area contributed by atoms with E-state index in [1.54, 1.807) is 0 Å². The summed E-state index contributed by atoms with van der Waals surface area (Å²) in [5, 5.41) is 0. The van der Waals surface area contributed by atoms with Crippen molar-refractivity contribution >= 4 is 0 Å². The molecule has 0 fully saturated rings. The second-order valence-corrected chi connectivity index (χ2v) is 5.21. The van der Waals surface area contributed by atoms with Crippen LogP contribution in [-0.2, 0) is 6.05 Å². The van der Waals surface area contributed by atoms with Crippen molar-refractivity contribution in [2.45, 2.75) is 41.8 Å². The number of halogens is 18. The molecule has 1 rings (SSSR count). The predicted octanol–water partition coefficient (Wildman–Crippen LogP) is 5.59. The summed E-state index contributed by atoms with van der Waals surface area (Å²) in [7, 11) is 0. The number of alkyl halides is 15. The Bertz CT molecular complexity index is 801. The Hall–Kier alpha value is -2.05. The first kappa shape index (κ1) is 26.0. The Balaban J connectivity index is 3.75. The smallest absolute Gasteiger partial charge is 0.207 e. The summed E-state index contributed by atoms with van der Waals surface area (Å²) in [5.41, 5.74) is 0.